The van der Waals surface area contributed by atoms with Crippen LogP contribution in [-0.4, -0.2) is 47.5 Å². The van der Waals surface area contributed by atoms with E-state index in [1.807, 2.05) is 13.8 Å². The predicted octanol–water partition coefficient (Wildman–Crippen LogP) is 4.95. The van der Waals surface area contributed by atoms with Crippen LogP contribution in [0.2, 0.25) is 0 Å². The second kappa shape index (κ2) is 15.1. The van der Waals surface area contributed by atoms with E-state index < -0.39 is 17.7 Å². The van der Waals surface area contributed by atoms with E-state index in [1.165, 1.54) is 6.42 Å². The van der Waals surface area contributed by atoms with Crippen molar-refractivity contribution in [1.29, 1.82) is 0 Å². The van der Waals surface area contributed by atoms with Gasteiger partial charge in [0.15, 0.2) is 0 Å². The molecule has 0 saturated heterocycles. The lowest BCUT2D eigenvalue weighted by Gasteiger charge is -2.32. The molecule has 194 valence electrons. The number of hydrogen-bond acceptors (Lipinski definition) is 4. The highest BCUT2D eigenvalue weighted by Gasteiger charge is 2.31. The number of benzene rings is 1. The van der Waals surface area contributed by atoms with Crippen LogP contribution in [0.5, 0.6) is 0 Å². The van der Waals surface area contributed by atoms with Gasteiger partial charge in [-0.25, -0.2) is 4.79 Å². The highest BCUT2D eigenvalue weighted by Crippen LogP contribution is 2.23. The SMILES string of the molecule is C#Cc1ccc(C(C(=O)NC(C)C)N(CCCCCCCC)C(=O)CNC(=O)OC(C)(C)C)cc1. The van der Waals surface area contributed by atoms with Crippen LogP contribution in [-0.2, 0) is 14.3 Å². The van der Waals surface area contributed by atoms with Gasteiger partial charge in [0.1, 0.15) is 18.2 Å². The van der Waals surface area contributed by atoms with E-state index in [4.69, 9.17) is 11.2 Å². The van der Waals surface area contributed by atoms with Crippen LogP contribution in [0.1, 0.15) is 97.2 Å². The van der Waals surface area contributed by atoms with Crippen LogP contribution < -0.4 is 10.6 Å². The van der Waals surface area contributed by atoms with Gasteiger partial charge in [0, 0.05) is 18.2 Å². The van der Waals surface area contributed by atoms with Gasteiger partial charge >= 0.3 is 6.09 Å². The number of amides is 3. The molecule has 0 spiro atoms. The topological polar surface area (TPSA) is 87.7 Å². The minimum Gasteiger partial charge on any atom is -0.444 e. The van der Waals surface area contributed by atoms with Gasteiger partial charge in [-0.1, -0.05) is 57.1 Å². The van der Waals surface area contributed by atoms with Gasteiger partial charge in [0.25, 0.3) is 0 Å². The fourth-order valence-corrected chi connectivity index (χ4v) is 3.62. The molecule has 0 aliphatic carbocycles. The molecule has 0 radical (unpaired) electrons. The Labute approximate surface area is 211 Å². The summed E-state index contributed by atoms with van der Waals surface area (Å²) in [6.07, 6.45) is 11.1. The Kier molecular flexibility index (Phi) is 12.9. The number of alkyl carbamates (subject to hydrolysis) is 1. The Morgan fingerprint density at radius 3 is 2.17 bits per heavy atom. The molecule has 0 aliphatic rings. The summed E-state index contributed by atoms with van der Waals surface area (Å²) in [5, 5.41) is 5.47. The highest BCUT2D eigenvalue weighted by atomic mass is 16.6. The van der Waals surface area contributed by atoms with Crippen molar-refractivity contribution in [2.45, 2.75) is 97.8 Å². The smallest absolute Gasteiger partial charge is 0.408 e. The number of nitrogens with zero attached hydrogens (tertiary/aromatic N) is 1. The average Bonchev–Trinajstić information content (AvgIpc) is 2.77. The first-order valence-electron chi connectivity index (χ1n) is 12.6. The third kappa shape index (κ3) is 11.8. The minimum absolute atomic E-state index is 0.0964. The molecule has 7 nitrogen and oxygen atoms in total. The number of ether oxygens (including phenoxy) is 1. The summed E-state index contributed by atoms with van der Waals surface area (Å²) < 4.78 is 5.26. The minimum atomic E-state index is -0.840. The molecule has 0 bridgehead atoms. The van der Waals surface area contributed by atoms with E-state index >= 15 is 0 Å². The number of terminal acetylenes is 1. The van der Waals surface area contributed by atoms with Gasteiger partial charge in [-0.05, 0) is 58.7 Å². The third-order valence-corrected chi connectivity index (χ3v) is 5.24. The van der Waals surface area contributed by atoms with E-state index in [-0.39, 0.29) is 24.4 Å². The first kappa shape index (κ1) is 30.0. The number of hydrogen-bond donors (Lipinski definition) is 2. The average molecular weight is 486 g/mol. The summed E-state index contributed by atoms with van der Waals surface area (Å²) in [4.78, 5) is 40.3. The summed E-state index contributed by atoms with van der Waals surface area (Å²) in [6, 6.07) is 6.15. The highest BCUT2D eigenvalue weighted by molar-refractivity contribution is 5.90. The quantitative estimate of drug-likeness (QED) is 0.306. The van der Waals surface area contributed by atoms with E-state index in [1.54, 1.807) is 49.9 Å². The second-order valence-electron chi connectivity index (χ2n) is 10.0. The summed E-state index contributed by atoms with van der Waals surface area (Å²) >= 11 is 0. The Morgan fingerprint density at radius 2 is 1.63 bits per heavy atom. The van der Waals surface area contributed by atoms with Gasteiger partial charge in [0.2, 0.25) is 11.8 Å². The molecule has 0 saturated carbocycles. The molecule has 7 heteroatoms. The molecule has 1 rings (SSSR count). The Hall–Kier alpha value is -3.01. The zero-order valence-electron chi connectivity index (χ0n) is 22.3. The maximum atomic E-state index is 13.4. The molecule has 3 amide bonds. The Morgan fingerprint density at radius 1 is 1.03 bits per heavy atom. The predicted molar refractivity (Wildman–Crippen MR) is 140 cm³/mol. The summed E-state index contributed by atoms with van der Waals surface area (Å²) in [5.74, 6) is 1.95. The molecule has 0 aliphatic heterocycles. The summed E-state index contributed by atoms with van der Waals surface area (Å²) in [6.45, 7) is 11.3. The number of carbonyl (C=O) groups is 3. The third-order valence-electron chi connectivity index (χ3n) is 5.24. The van der Waals surface area contributed by atoms with Gasteiger partial charge in [-0.3, -0.25) is 9.59 Å². The molecule has 1 aromatic carbocycles. The van der Waals surface area contributed by atoms with Crippen LogP contribution in [0.3, 0.4) is 0 Å². The van der Waals surface area contributed by atoms with Crippen molar-refractivity contribution in [1.82, 2.24) is 15.5 Å². The molecule has 2 N–H and O–H groups in total. The fourth-order valence-electron chi connectivity index (χ4n) is 3.62. The van der Waals surface area contributed by atoms with Crippen LogP contribution in [0.4, 0.5) is 4.79 Å². The molecule has 1 aromatic rings. The largest absolute Gasteiger partial charge is 0.444 e. The molecule has 1 unspecified atom stereocenters. The number of carbonyl (C=O) groups excluding carboxylic acids is 3. The molecule has 1 atom stereocenters. The van der Waals surface area contributed by atoms with Crippen LogP contribution in [0, 0.1) is 12.3 Å². The van der Waals surface area contributed by atoms with Crippen molar-refractivity contribution in [3.8, 4) is 12.3 Å². The Bertz CT molecular complexity index is 850. The summed E-state index contributed by atoms with van der Waals surface area (Å²) in [7, 11) is 0. The molecular formula is C28H43N3O4. The maximum Gasteiger partial charge on any atom is 0.408 e. The second-order valence-corrected chi connectivity index (χ2v) is 10.0. The van der Waals surface area contributed by atoms with Crippen LogP contribution in [0.15, 0.2) is 24.3 Å². The van der Waals surface area contributed by atoms with Crippen molar-refractivity contribution in [3.05, 3.63) is 35.4 Å². The number of unbranched alkanes of at least 4 members (excludes halogenated alkanes) is 5. The normalized spacial score (nSPS) is 11.9. The van der Waals surface area contributed by atoms with Crippen LogP contribution >= 0.6 is 0 Å². The number of nitrogens with one attached hydrogen (secondary N) is 2. The zero-order valence-corrected chi connectivity index (χ0v) is 22.3. The molecule has 35 heavy (non-hydrogen) atoms. The lowest BCUT2D eigenvalue weighted by atomic mass is 10.0. The lowest BCUT2D eigenvalue weighted by molar-refractivity contribution is -0.140. The van der Waals surface area contributed by atoms with E-state index in [0.717, 1.165) is 32.1 Å². The molecular weight excluding hydrogens is 442 g/mol. The summed E-state index contributed by atoms with van der Waals surface area (Å²) in [5.41, 5.74) is 0.681. The van der Waals surface area contributed by atoms with Crippen molar-refractivity contribution in [2.75, 3.05) is 13.1 Å². The van der Waals surface area contributed by atoms with E-state index in [9.17, 15) is 14.4 Å². The Balaban J connectivity index is 3.15. The van der Waals surface area contributed by atoms with Crippen molar-refractivity contribution >= 4 is 17.9 Å². The number of rotatable bonds is 13. The molecule has 0 fully saturated rings. The first-order chi connectivity index (χ1) is 16.5. The van der Waals surface area contributed by atoms with Crippen molar-refractivity contribution in [2.24, 2.45) is 0 Å². The van der Waals surface area contributed by atoms with Gasteiger partial charge in [0.05, 0.1) is 0 Å². The van der Waals surface area contributed by atoms with Gasteiger partial charge in [-0.15, -0.1) is 6.42 Å². The van der Waals surface area contributed by atoms with Crippen molar-refractivity contribution < 1.29 is 19.1 Å². The lowest BCUT2D eigenvalue weighted by Crippen LogP contribution is -2.49. The first-order valence-corrected chi connectivity index (χ1v) is 12.6. The van der Waals surface area contributed by atoms with Crippen LogP contribution in [0.25, 0.3) is 0 Å². The maximum absolute atomic E-state index is 13.4. The van der Waals surface area contributed by atoms with Gasteiger partial charge in [-0.2, -0.15) is 0 Å². The van der Waals surface area contributed by atoms with E-state index in [0.29, 0.717) is 17.7 Å². The molecule has 0 heterocycles. The standard InChI is InChI=1S/C28H43N3O4/c1-8-10-11-12-13-14-19-31(24(32)20-29-27(34)35-28(5,6)7)25(26(33)30-21(3)4)23-17-15-22(9-2)16-18-23/h2,15-18,21,25H,8,10-14,19-20H2,1,3-7H3,(H,29,34)(H,30,33). The van der Waals surface area contributed by atoms with E-state index in [2.05, 4.69) is 23.5 Å². The van der Waals surface area contributed by atoms with Crippen molar-refractivity contribution in [3.63, 3.8) is 0 Å². The van der Waals surface area contributed by atoms with Gasteiger partial charge < -0.3 is 20.3 Å². The zero-order chi connectivity index (χ0) is 26.4. The molecule has 0 aromatic heterocycles. The fraction of sp³-hybridized carbons (Fsp3) is 0.607. The monoisotopic (exact) mass is 485 g/mol.